The van der Waals surface area contributed by atoms with Gasteiger partial charge in [0.1, 0.15) is 11.5 Å². The molecule has 0 spiro atoms. The third-order valence-corrected chi connectivity index (χ3v) is 4.76. The number of amides is 1. The fourth-order valence-electron chi connectivity index (χ4n) is 2.26. The van der Waals surface area contributed by atoms with E-state index in [2.05, 4.69) is 26.3 Å². The van der Waals surface area contributed by atoms with E-state index in [-0.39, 0.29) is 24.2 Å². The monoisotopic (exact) mass is 415 g/mol. The minimum absolute atomic E-state index is 0.124. The number of aromatic nitrogens is 2. The highest BCUT2D eigenvalue weighted by Gasteiger charge is 2.19. The van der Waals surface area contributed by atoms with E-state index in [1.165, 1.54) is 16.9 Å². The number of nitrogens with one attached hydrogen (secondary N) is 1. The molecule has 0 aliphatic heterocycles. The summed E-state index contributed by atoms with van der Waals surface area (Å²) in [5, 5.41) is 16.3. The lowest BCUT2D eigenvalue weighted by Gasteiger charge is -2.15. The van der Waals surface area contributed by atoms with Crippen LogP contribution >= 0.6 is 27.7 Å². The number of hydrogen-bond acceptors (Lipinski definition) is 4. The summed E-state index contributed by atoms with van der Waals surface area (Å²) >= 11 is 4.86. The van der Waals surface area contributed by atoms with Gasteiger partial charge in [0.15, 0.2) is 0 Å². The Morgan fingerprint density at radius 1 is 1.54 bits per heavy atom. The maximum Gasteiger partial charge on any atom is 0.255 e. The molecule has 1 unspecified atom stereocenters. The number of aliphatic hydroxyl groups excluding tert-OH is 1. The van der Waals surface area contributed by atoms with E-state index in [1.54, 1.807) is 30.8 Å². The fourth-order valence-corrected chi connectivity index (χ4v) is 3.11. The van der Waals surface area contributed by atoms with Crippen molar-refractivity contribution >= 4 is 33.6 Å². The van der Waals surface area contributed by atoms with Gasteiger partial charge in [0.2, 0.25) is 0 Å². The minimum atomic E-state index is -0.435. The van der Waals surface area contributed by atoms with Crippen molar-refractivity contribution in [3.63, 3.8) is 0 Å². The van der Waals surface area contributed by atoms with Crippen LogP contribution in [0.3, 0.4) is 0 Å². The van der Waals surface area contributed by atoms with Crippen LogP contribution in [-0.4, -0.2) is 45.5 Å². The van der Waals surface area contributed by atoms with E-state index < -0.39 is 5.82 Å². The number of thioether (sulfide) groups is 1. The molecule has 2 aromatic rings. The van der Waals surface area contributed by atoms with Crippen molar-refractivity contribution in [2.75, 3.05) is 18.6 Å². The molecule has 24 heavy (non-hydrogen) atoms. The molecule has 1 aromatic carbocycles. The van der Waals surface area contributed by atoms with Gasteiger partial charge < -0.3 is 10.4 Å². The predicted octanol–water partition coefficient (Wildman–Crippen LogP) is 2.93. The lowest BCUT2D eigenvalue weighted by molar-refractivity contribution is 0.0914. The molecule has 0 saturated carbocycles. The van der Waals surface area contributed by atoms with E-state index in [4.69, 9.17) is 0 Å². The van der Waals surface area contributed by atoms with Crippen LogP contribution in [0.5, 0.6) is 0 Å². The molecule has 0 aliphatic rings. The third-order valence-electron chi connectivity index (χ3n) is 3.62. The Morgan fingerprint density at radius 2 is 2.29 bits per heavy atom. The van der Waals surface area contributed by atoms with E-state index in [0.717, 1.165) is 5.75 Å². The van der Waals surface area contributed by atoms with Gasteiger partial charge in [-0.1, -0.05) is 15.9 Å². The van der Waals surface area contributed by atoms with Gasteiger partial charge in [-0.05, 0) is 43.6 Å². The molecule has 130 valence electrons. The Morgan fingerprint density at radius 3 is 2.92 bits per heavy atom. The summed E-state index contributed by atoms with van der Waals surface area (Å²) in [6, 6.07) is 4.34. The first-order valence-electron chi connectivity index (χ1n) is 7.38. The van der Waals surface area contributed by atoms with Crippen molar-refractivity contribution in [3.8, 4) is 5.69 Å². The minimum Gasteiger partial charge on any atom is -0.394 e. The van der Waals surface area contributed by atoms with Crippen LogP contribution in [0.4, 0.5) is 4.39 Å². The number of hydrogen-bond donors (Lipinski definition) is 2. The van der Waals surface area contributed by atoms with Crippen molar-refractivity contribution in [2.24, 2.45) is 0 Å². The second-order valence-corrected chi connectivity index (χ2v) is 7.19. The number of aliphatic hydroxyl groups is 1. The van der Waals surface area contributed by atoms with Gasteiger partial charge >= 0.3 is 0 Å². The van der Waals surface area contributed by atoms with Crippen molar-refractivity contribution < 1.29 is 14.3 Å². The number of carbonyl (C=O) groups excluding carboxylic acids is 1. The molecule has 0 saturated heterocycles. The molecule has 0 radical (unpaired) electrons. The topological polar surface area (TPSA) is 67.2 Å². The van der Waals surface area contributed by atoms with Crippen molar-refractivity contribution in [1.82, 2.24) is 15.1 Å². The first-order chi connectivity index (χ1) is 11.5. The van der Waals surface area contributed by atoms with E-state index >= 15 is 0 Å². The summed E-state index contributed by atoms with van der Waals surface area (Å²) in [6.07, 6.45) is 4.06. The van der Waals surface area contributed by atoms with Crippen molar-refractivity contribution in [2.45, 2.75) is 19.4 Å². The second-order valence-electron chi connectivity index (χ2n) is 5.29. The average Bonchev–Trinajstić information content (AvgIpc) is 2.93. The molecule has 2 N–H and O–H groups in total. The summed E-state index contributed by atoms with van der Waals surface area (Å²) in [5.74, 6) is 0.0839. The van der Waals surface area contributed by atoms with Gasteiger partial charge in [0.25, 0.3) is 5.91 Å². The van der Waals surface area contributed by atoms with Crippen LogP contribution in [0.15, 0.2) is 28.9 Å². The summed E-state index contributed by atoms with van der Waals surface area (Å²) in [6.45, 7) is 1.58. The number of carbonyl (C=O) groups is 1. The maximum atomic E-state index is 14.1. The first kappa shape index (κ1) is 19.0. The zero-order chi connectivity index (χ0) is 17.7. The standard InChI is InChI=1S/C16H19BrFN3O2S/c1-10-13(16(23)20-12(9-22)5-6-24-2)8-19-21(10)15-4-3-11(17)7-14(15)18/h3-4,7-8,12,22H,5-6,9H2,1-2H3,(H,20,23). The lowest BCUT2D eigenvalue weighted by Crippen LogP contribution is -2.38. The molecule has 0 bridgehead atoms. The Balaban J connectivity index is 2.21. The largest absolute Gasteiger partial charge is 0.394 e. The highest BCUT2D eigenvalue weighted by Crippen LogP contribution is 2.21. The van der Waals surface area contributed by atoms with Gasteiger partial charge in [-0.25, -0.2) is 9.07 Å². The number of rotatable bonds is 7. The number of benzene rings is 1. The molecule has 1 atom stereocenters. The van der Waals surface area contributed by atoms with Gasteiger partial charge in [-0.3, -0.25) is 4.79 Å². The highest BCUT2D eigenvalue weighted by atomic mass is 79.9. The van der Waals surface area contributed by atoms with E-state index in [0.29, 0.717) is 22.2 Å². The van der Waals surface area contributed by atoms with Crippen molar-refractivity contribution in [3.05, 3.63) is 45.9 Å². The van der Waals surface area contributed by atoms with Crippen LogP contribution in [0.2, 0.25) is 0 Å². The molecular formula is C16H19BrFN3O2S. The lowest BCUT2D eigenvalue weighted by atomic mass is 10.2. The molecule has 5 nitrogen and oxygen atoms in total. The summed E-state index contributed by atoms with van der Waals surface area (Å²) in [4.78, 5) is 12.4. The summed E-state index contributed by atoms with van der Waals surface area (Å²) in [7, 11) is 0. The number of nitrogens with zero attached hydrogens (tertiary/aromatic N) is 2. The van der Waals surface area contributed by atoms with Crippen LogP contribution in [0, 0.1) is 12.7 Å². The fraction of sp³-hybridized carbons (Fsp3) is 0.375. The Kier molecular flexibility index (Phi) is 6.82. The van der Waals surface area contributed by atoms with Crippen LogP contribution < -0.4 is 5.32 Å². The van der Waals surface area contributed by atoms with Gasteiger partial charge in [0.05, 0.1) is 30.1 Å². The zero-order valence-electron chi connectivity index (χ0n) is 13.4. The van der Waals surface area contributed by atoms with E-state index in [1.807, 2.05) is 6.26 Å². The quantitative estimate of drug-likeness (QED) is 0.729. The molecule has 1 amide bonds. The highest BCUT2D eigenvalue weighted by molar-refractivity contribution is 9.10. The Labute approximate surface area is 152 Å². The van der Waals surface area contributed by atoms with Crippen LogP contribution in [0.25, 0.3) is 5.69 Å². The molecular weight excluding hydrogens is 397 g/mol. The molecule has 8 heteroatoms. The average molecular weight is 416 g/mol. The van der Waals surface area contributed by atoms with Crippen LogP contribution in [-0.2, 0) is 0 Å². The molecule has 2 rings (SSSR count). The maximum absolute atomic E-state index is 14.1. The number of halogens is 2. The molecule has 1 aromatic heterocycles. The van der Waals surface area contributed by atoms with Crippen LogP contribution in [0.1, 0.15) is 22.5 Å². The molecule has 0 aliphatic carbocycles. The predicted molar refractivity (Wildman–Crippen MR) is 97.3 cm³/mol. The van der Waals surface area contributed by atoms with Gasteiger partial charge in [0, 0.05) is 4.47 Å². The summed E-state index contributed by atoms with van der Waals surface area (Å²) < 4.78 is 16.1. The normalized spacial score (nSPS) is 12.2. The Bertz CT molecular complexity index is 723. The van der Waals surface area contributed by atoms with E-state index in [9.17, 15) is 14.3 Å². The summed E-state index contributed by atoms with van der Waals surface area (Å²) in [5.41, 5.74) is 1.17. The smallest absolute Gasteiger partial charge is 0.255 e. The molecule has 0 fully saturated rings. The third kappa shape index (κ3) is 4.37. The van der Waals surface area contributed by atoms with Gasteiger partial charge in [-0.2, -0.15) is 16.9 Å². The van der Waals surface area contributed by atoms with Crippen molar-refractivity contribution in [1.29, 1.82) is 0 Å². The Hall–Kier alpha value is -1.38. The first-order valence-corrected chi connectivity index (χ1v) is 9.57. The van der Waals surface area contributed by atoms with Gasteiger partial charge in [-0.15, -0.1) is 0 Å². The second kappa shape index (κ2) is 8.64. The molecule has 1 heterocycles. The zero-order valence-corrected chi connectivity index (χ0v) is 15.8. The SMILES string of the molecule is CSCCC(CO)NC(=O)c1cnn(-c2ccc(Br)cc2F)c1C.